The second kappa shape index (κ2) is 6.10. The fraction of sp³-hybridized carbons (Fsp3) is 0.462. The van der Waals surface area contributed by atoms with Gasteiger partial charge in [-0.3, -0.25) is 0 Å². The minimum Gasteiger partial charge on any atom is -0.395 e. The SMILES string of the molecule is N#Cc1ccc(Cl)cc1S(=O)(=O)N(CCO)C1CCC1. The van der Waals surface area contributed by atoms with Gasteiger partial charge in [-0.1, -0.05) is 18.0 Å². The fourth-order valence-corrected chi connectivity index (χ4v) is 4.28. The number of aliphatic hydroxyl groups is 1. The van der Waals surface area contributed by atoms with E-state index in [1.165, 1.54) is 22.5 Å². The van der Waals surface area contributed by atoms with Crippen LogP contribution in [0.1, 0.15) is 24.8 Å². The maximum absolute atomic E-state index is 12.7. The molecular weight excluding hydrogens is 300 g/mol. The van der Waals surface area contributed by atoms with E-state index in [4.69, 9.17) is 22.0 Å². The molecule has 0 aliphatic heterocycles. The zero-order valence-corrected chi connectivity index (χ0v) is 12.4. The van der Waals surface area contributed by atoms with Crippen molar-refractivity contribution in [1.29, 1.82) is 5.26 Å². The minimum absolute atomic E-state index is 0.0321. The van der Waals surface area contributed by atoms with Gasteiger partial charge >= 0.3 is 0 Å². The minimum atomic E-state index is -3.82. The van der Waals surface area contributed by atoms with Crippen LogP contribution in [-0.2, 0) is 10.0 Å². The Bertz CT molecular complexity index is 636. The maximum atomic E-state index is 12.7. The highest BCUT2D eigenvalue weighted by Crippen LogP contribution is 2.31. The van der Waals surface area contributed by atoms with E-state index < -0.39 is 10.0 Å². The molecule has 1 aliphatic rings. The van der Waals surface area contributed by atoms with Crippen LogP contribution in [0.25, 0.3) is 0 Å². The van der Waals surface area contributed by atoms with Crippen LogP contribution in [0.15, 0.2) is 23.1 Å². The molecule has 1 aromatic rings. The summed E-state index contributed by atoms with van der Waals surface area (Å²) in [5.41, 5.74) is 0.0664. The lowest BCUT2D eigenvalue weighted by atomic mass is 9.93. The molecule has 2 rings (SSSR count). The summed E-state index contributed by atoms with van der Waals surface area (Å²) in [4.78, 5) is -0.0900. The molecule has 0 bridgehead atoms. The molecule has 0 unspecified atom stereocenters. The normalized spacial score (nSPS) is 15.9. The maximum Gasteiger partial charge on any atom is 0.244 e. The Morgan fingerprint density at radius 1 is 1.45 bits per heavy atom. The number of rotatable bonds is 5. The monoisotopic (exact) mass is 314 g/mol. The molecule has 0 spiro atoms. The van der Waals surface area contributed by atoms with Crippen molar-refractivity contribution in [3.05, 3.63) is 28.8 Å². The van der Waals surface area contributed by atoms with Gasteiger partial charge in [0.1, 0.15) is 11.0 Å². The van der Waals surface area contributed by atoms with Crippen molar-refractivity contribution >= 4 is 21.6 Å². The van der Waals surface area contributed by atoms with E-state index in [0.717, 1.165) is 19.3 Å². The Labute approximate surface area is 123 Å². The van der Waals surface area contributed by atoms with Crippen molar-refractivity contribution in [3.8, 4) is 6.07 Å². The van der Waals surface area contributed by atoms with Crippen molar-refractivity contribution in [1.82, 2.24) is 4.31 Å². The second-order valence-electron chi connectivity index (χ2n) is 4.68. The molecule has 1 aliphatic carbocycles. The molecule has 0 heterocycles. The van der Waals surface area contributed by atoms with Crippen molar-refractivity contribution in [2.24, 2.45) is 0 Å². The van der Waals surface area contributed by atoms with Gasteiger partial charge in [-0.25, -0.2) is 8.42 Å². The van der Waals surface area contributed by atoms with Gasteiger partial charge in [0.25, 0.3) is 0 Å². The topological polar surface area (TPSA) is 81.4 Å². The Morgan fingerprint density at radius 2 is 2.15 bits per heavy atom. The Balaban J connectivity index is 2.47. The van der Waals surface area contributed by atoms with Gasteiger partial charge in [0, 0.05) is 17.6 Å². The first-order valence-electron chi connectivity index (χ1n) is 6.33. The molecule has 20 heavy (non-hydrogen) atoms. The summed E-state index contributed by atoms with van der Waals surface area (Å²) in [6.45, 7) is -0.220. The molecule has 0 radical (unpaired) electrons. The van der Waals surface area contributed by atoms with Crippen LogP contribution >= 0.6 is 11.6 Å². The third-order valence-electron chi connectivity index (χ3n) is 3.45. The summed E-state index contributed by atoms with van der Waals surface area (Å²) in [6, 6.07) is 5.95. The molecule has 1 N–H and O–H groups in total. The Hall–Kier alpha value is -1.13. The lowest BCUT2D eigenvalue weighted by Gasteiger charge is -2.36. The van der Waals surface area contributed by atoms with Crippen LogP contribution in [0, 0.1) is 11.3 Å². The first-order chi connectivity index (χ1) is 9.50. The molecule has 0 saturated heterocycles. The summed E-state index contributed by atoms with van der Waals surface area (Å²) in [5, 5.41) is 18.4. The number of sulfonamides is 1. The summed E-state index contributed by atoms with van der Waals surface area (Å²) in [5.74, 6) is 0. The van der Waals surface area contributed by atoms with E-state index in [2.05, 4.69) is 0 Å². The zero-order valence-electron chi connectivity index (χ0n) is 10.8. The largest absolute Gasteiger partial charge is 0.395 e. The average molecular weight is 315 g/mol. The van der Waals surface area contributed by atoms with Crippen LogP contribution in [0.5, 0.6) is 0 Å². The first kappa shape index (κ1) is 15.3. The van der Waals surface area contributed by atoms with Crippen LogP contribution < -0.4 is 0 Å². The van der Waals surface area contributed by atoms with E-state index >= 15 is 0 Å². The summed E-state index contributed by atoms with van der Waals surface area (Å²) in [7, 11) is -3.82. The summed E-state index contributed by atoms with van der Waals surface area (Å²) >= 11 is 5.85. The third-order valence-corrected chi connectivity index (χ3v) is 5.68. The lowest BCUT2D eigenvalue weighted by molar-refractivity contribution is 0.178. The van der Waals surface area contributed by atoms with E-state index in [9.17, 15) is 8.42 Å². The molecule has 108 valence electrons. The number of aliphatic hydroxyl groups excluding tert-OH is 1. The lowest BCUT2D eigenvalue weighted by Crippen LogP contribution is -2.45. The third kappa shape index (κ3) is 2.81. The van der Waals surface area contributed by atoms with Crippen molar-refractivity contribution in [2.75, 3.05) is 13.2 Å². The Morgan fingerprint density at radius 3 is 2.65 bits per heavy atom. The molecule has 7 heteroatoms. The standard InChI is InChI=1S/C13H15ClN2O3S/c14-11-5-4-10(9-15)13(8-11)20(18,19)16(6-7-17)12-2-1-3-12/h4-5,8,12,17H,1-3,6-7H2. The number of hydrogen-bond acceptors (Lipinski definition) is 4. The van der Waals surface area contributed by atoms with Gasteiger partial charge in [0.05, 0.1) is 12.2 Å². The second-order valence-corrected chi connectivity index (χ2v) is 6.97. The van der Waals surface area contributed by atoms with Crippen molar-refractivity contribution in [3.63, 3.8) is 0 Å². The molecule has 1 saturated carbocycles. The van der Waals surface area contributed by atoms with Gasteiger partial charge in [-0.15, -0.1) is 0 Å². The zero-order chi connectivity index (χ0) is 14.8. The van der Waals surface area contributed by atoms with Gasteiger partial charge in [-0.05, 0) is 31.0 Å². The van der Waals surface area contributed by atoms with Gasteiger partial charge in [0.15, 0.2) is 0 Å². The van der Waals surface area contributed by atoms with E-state index in [1.54, 1.807) is 0 Å². The highest BCUT2D eigenvalue weighted by atomic mass is 35.5. The molecule has 5 nitrogen and oxygen atoms in total. The van der Waals surface area contributed by atoms with Crippen LogP contribution in [0.4, 0.5) is 0 Å². The molecule has 0 atom stereocenters. The summed E-state index contributed by atoms with van der Waals surface area (Å²) < 4.78 is 26.7. The predicted molar refractivity (Wildman–Crippen MR) is 74.8 cm³/mol. The van der Waals surface area contributed by atoms with E-state index in [1.807, 2.05) is 6.07 Å². The molecule has 1 fully saturated rings. The number of halogens is 1. The average Bonchev–Trinajstić information content (AvgIpc) is 2.36. The number of nitrogens with zero attached hydrogens (tertiary/aromatic N) is 2. The summed E-state index contributed by atoms with van der Waals surface area (Å²) in [6.07, 6.45) is 2.53. The van der Waals surface area contributed by atoms with E-state index in [-0.39, 0.29) is 34.7 Å². The predicted octanol–water partition coefficient (Wildman–Crippen LogP) is 1.75. The quantitative estimate of drug-likeness (QED) is 0.897. The van der Waals surface area contributed by atoms with Crippen molar-refractivity contribution in [2.45, 2.75) is 30.2 Å². The van der Waals surface area contributed by atoms with Gasteiger partial charge in [0.2, 0.25) is 10.0 Å². The molecule has 0 amide bonds. The van der Waals surface area contributed by atoms with Crippen LogP contribution in [-0.4, -0.2) is 37.0 Å². The van der Waals surface area contributed by atoms with Crippen LogP contribution in [0.2, 0.25) is 5.02 Å². The fourth-order valence-electron chi connectivity index (χ4n) is 2.20. The van der Waals surface area contributed by atoms with Crippen LogP contribution in [0.3, 0.4) is 0 Å². The molecular formula is C13H15ClN2O3S. The molecule has 0 aromatic heterocycles. The van der Waals surface area contributed by atoms with E-state index in [0.29, 0.717) is 0 Å². The highest BCUT2D eigenvalue weighted by Gasteiger charge is 2.35. The van der Waals surface area contributed by atoms with Gasteiger partial charge in [-0.2, -0.15) is 9.57 Å². The first-order valence-corrected chi connectivity index (χ1v) is 8.15. The molecule has 1 aromatic carbocycles. The van der Waals surface area contributed by atoms with Crippen molar-refractivity contribution < 1.29 is 13.5 Å². The smallest absolute Gasteiger partial charge is 0.244 e. The number of benzene rings is 1. The Kier molecular flexibility index (Phi) is 4.66. The van der Waals surface area contributed by atoms with Gasteiger partial charge < -0.3 is 5.11 Å². The number of hydrogen-bond donors (Lipinski definition) is 1. The highest BCUT2D eigenvalue weighted by molar-refractivity contribution is 7.89. The number of nitriles is 1.